The normalized spacial score (nSPS) is 15.8. The summed E-state index contributed by atoms with van der Waals surface area (Å²) in [5.41, 5.74) is 0. The summed E-state index contributed by atoms with van der Waals surface area (Å²) < 4.78 is 65.9. The van der Waals surface area contributed by atoms with Crippen molar-refractivity contribution in [1.82, 2.24) is 14.5 Å². The first-order valence-electron chi connectivity index (χ1n) is 7.80. The molecule has 1 aromatic rings. The monoisotopic (exact) mass is 393 g/mol. The Bertz CT molecular complexity index is 809. The fourth-order valence-corrected chi connectivity index (χ4v) is 4.01. The summed E-state index contributed by atoms with van der Waals surface area (Å²) in [7, 11) is -4.35. The topological polar surface area (TPSA) is 86.8 Å². The molecule has 0 unspecified atom stereocenters. The van der Waals surface area contributed by atoms with Crippen molar-refractivity contribution in [2.45, 2.75) is 18.2 Å². The smallest absolute Gasteiger partial charge is 0.246 e. The van der Waals surface area contributed by atoms with Gasteiger partial charge in [0.2, 0.25) is 21.8 Å². The minimum absolute atomic E-state index is 0.0728. The molecule has 0 radical (unpaired) electrons. The SMILES string of the molecule is CC(=O)NCCC(=O)N1CCN(S(=O)(=O)c2ccc(F)c(F)c2F)CC1. The Morgan fingerprint density at radius 2 is 1.69 bits per heavy atom. The first kappa shape index (κ1) is 20.2. The number of benzene rings is 1. The van der Waals surface area contributed by atoms with Crippen molar-refractivity contribution >= 4 is 21.8 Å². The Hall–Kier alpha value is -2.14. The van der Waals surface area contributed by atoms with Crippen LogP contribution in [0.5, 0.6) is 0 Å². The number of carbonyl (C=O) groups excluding carboxylic acids is 2. The molecule has 1 saturated heterocycles. The van der Waals surface area contributed by atoms with Gasteiger partial charge in [0.25, 0.3) is 0 Å². The number of sulfonamides is 1. The van der Waals surface area contributed by atoms with Gasteiger partial charge in [-0.1, -0.05) is 0 Å². The second kappa shape index (κ2) is 8.04. The lowest BCUT2D eigenvalue weighted by Gasteiger charge is -2.34. The van der Waals surface area contributed by atoms with E-state index >= 15 is 0 Å². The molecule has 1 aromatic carbocycles. The van der Waals surface area contributed by atoms with Crippen LogP contribution < -0.4 is 5.32 Å². The highest BCUT2D eigenvalue weighted by Crippen LogP contribution is 2.24. The van der Waals surface area contributed by atoms with Crippen molar-refractivity contribution in [2.24, 2.45) is 0 Å². The number of carbonyl (C=O) groups is 2. The summed E-state index contributed by atoms with van der Waals surface area (Å²) in [5, 5.41) is 2.49. The largest absolute Gasteiger partial charge is 0.356 e. The van der Waals surface area contributed by atoms with E-state index < -0.39 is 32.4 Å². The van der Waals surface area contributed by atoms with Crippen LogP contribution in [0, 0.1) is 17.5 Å². The molecular formula is C15H18F3N3O4S. The highest BCUT2D eigenvalue weighted by molar-refractivity contribution is 7.89. The minimum Gasteiger partial charge on any atom is -0.356 e. The number of halogens is 3. The molecule has 0 aliphatic carbocycles. The minimum atomic E-state index is -4.35. The molecule has 1 heterocycles. The average Bonchev–Trinajstić information content (AvgIpc) is 2.59. The number of amides is 2. The van der Waals surface area contributed by atoms with E-state index in [2.05, 4.69) is 5.32 Å². The van der Waals surface area contributed by atoms with Crippen LogP contribution in [-0.4, -0.2) is 62.2 Å². The van der Waals surface area contributed by atoms with Gasteiger partial charge in [-0.3, -0.25) is 9.59 Å². The molecule has 2 amide bonds. The van der Waals surface area contributed by atoms with E-state index in [1.54, 1.807) is 0 Å². The average molecular weight is 393 g/mol. The molecule has 1 aliphatic rings. The van der Waals surface area contributed by atoms with Crippen molar-refractivity contribution < 1.29 is 31.2 Å². The predicted molar refractivity (Wildman–Crippen MR) is 85.0 cm³/mol. The zero-order chi connectivity index (χ0) is 19.5. The summed E-state index contributed by atoms with van der Waals surface area (Å²) in [5.74, 6) is -5.61. The van der Waals surface area contributed by atoms with Crippen LogP contribution in [-0.2, 0) is 19.6 Å². The lowest BCUT2D eigenvalue weighted by Crippen LogP contribution is -2.51. The van der Waals surface area contributed by atoms with Crippen molar-refractivity contribution in [1.29, 1.82) is 0 Å². The van der Waals surface area contributed by atoms with Crippen LogP contribution in [0.15, 0.2) is 17.0 Å². The van der Waals surface area contributed by atoms with Crippen molar-refractivity contribution in [2.75, 3.05) is 32.7 Å². The van der Waals surface area contributed by atoms with E-state index in [1.165, 1.54) is 11.8 Å². The molecule has 2 rings (SSSR count). The van der Waals surface area contributed by atoms with Crippen LogP contribution in [0.25, 0.3) is 0 Å². The fraction of sp³-hybridized carbons (Fsp3) is 0.467. The van der Waals surface area contributed by atoms with Crippen molar-refractivity contribution in [3.05, 3.63) is 29.6 Å². The molecule has 11 heteroatoms. The molecule has 1 N–H and O–H groups in total. The highest BCUT2D eigenvalue weighted by Gasteiger charge is 2.33. The van der Waals surface area contributed by atoms with Crippen LogP contribution in [0.2, 0.25) is 0 Å². The van der Waals surface area contributed by atoms with Gasteiger partial charge in [-0.05, 0) is 12.1 Å². The molecule has 0 bridgehead atoms. The Balaban J connectivity index is 2.02. The van der Waals surface area contributed by atoms with Crippen LogP contribution in [0.3, 0.4) is 0 Å². The summed E-state index contributed by atoms with van der Waals surface area (Å²) in [6.45, 7) is 1.43. The van der Waals surface area contributed by atoms with E-state index in [0.29, 0.717) is 12.1 Å². The predicted octanol–water partition coefficient (Wildman–Crippen LogP) is 0.463. The van der Waals surface area contributed by atoms with E-state index in [9.17, 15) is 31.2 Å². The quantitative estimate of drug-likeness (QED) is 0.737. The highest BCUT2D eigenvalue weighted by atomic mass is 32.2. The van der Waals surface area contributed by atoms with Gasteiger partial charge >= 0.3 is 0 Å². The maximum Gasteiger partial charge on any atom is 0.246 e. The van der Waals surface area contributed by atoms with Crippen LogP contribution in [0.4, 0.5) is 13.2 Å². The Kier molecular flexibility index (Phi) is 6.24. The molecule has 0 atom stereocenters. The molecule has 0 saturated carbocycles. The third kappa shape index (κ3) is 4.33. The number of nitrogens with one attached hydrogen (secondary N) is 1. The van der Waals surface area contributed by atoms with E-state index in [0.717, 1.165) is 4.31 Å². The number of nitrogens with zero attached hydrogens (tertiary/aromatic N) is 2. The van der Waals surface area contributed by atoms with Crippen LogP contribution in [0.1, 0.15) is 13.3 Å². The number of rotatable bonds is 5. The Morgan fingerprint density at radius 1 is 1.08 bits per heavy atom. The summed E-state index contributed by atoms with van der Waals surface area (Å²) >= 11 is 0. The second-order valence-electron chi connectivity index (χ2n) is 5.69. The molecule has 0 spiro atoms. The van der Waals surface area contributed by atoms with E-state index in [4.69, 9.17) is 0 Å². The Morgan fingerprint density at radius 3 is 2.27 bits per heavy atom. The van der Waals surface area contributed by atoms with E-state index in [-0.39, 0.29) is 51.0 Å². The van der Waals surface area contributed by atoms with Gasteiger partial charge in [0.1, 0.15) is 4.90 Å². The lowest BCUT2D eigenvalue weighted by atomic mass is 10.3. The van der Waals surface area contributed by atoms with Crippen LogP contribution >= 0.6 is 0 Å². The number of hydrogen-bond acceptors (Lipinski definition) is 4. The summed E-state index contributed by atoms with van der Waals surface area (Å²) in [4.78, 5) is 23.3. The maximum absolute atomic E-state index is 13.8. The lowest BCUT2D eigenvalue weighted by molar-refractivity contribution is -0.132. The molecule has 0 aromatic heterocycles. The van der Waals surface area contributed by atoms with Gasteiger partial charge in [-0.15, -0.1) is 0 Å². The molecule has 1 fully saturated rings. The molecule has 26 heavy (non-hydrogen) atoms. The fourth-order valence-electron chi connectivity index (χ4n) is 2.53. The third-order valence-corrected chi connectivity index (χ3v) is 5.84. The summed E-state index contributed by atoms with van der Waals surface area (Å²) in [6, 6.07) is 1.22. The zero-order valence-corrected chi connectivity index (χ0v) is 14.8. The molecular weight excluding hydrogens is 375 g/mol. The van der Waals surface area contributed by atoms with Crippen molar-refractivity contribution in [3.8, 4) is 0 Å². The van der Waals surface area contributed by atoms with Gasteiger partial charge in [0.05, 0.1) is 0 Å². The zero-order valence-electron chi connectivity index (χ0n) is 14.0. The van der Waals surface area contributed by atoms with Gasteiger partial charge < -0.3 is 10.2 Å². The number of hydrogen-bond donors (Lipinski definition) is 1. The maximum atomic E-state index is 13.8. The standard InChI is InChI=1S/C15H18F3N3O4S/c1-10(22)19-5-4-13(23)20-6-8-21(9-7-20)26(24,25)12-3-2-11(16)14(17)15(12)18/h2-3H,4-9H2,1H3,(H,19,22). The molecule has 7 nitrogen and oxygen atoms in total. The molecule has 1 aliphatic heterocycles. The van der Waals surface area contributed by atoms with Gasteiger partial charge in [-0.2, -0.15) is 4.31 Å². The summed E-state index contributed by atoms with van der Waals surface area (Å²) in [6.07, 6.45) is 0.0735. The van der Waals surface area contributed by atoms with Gasteiger partial charge in [0.15, 0.2) is 17.5 Å². The van der Waals surface area contributed by atoms with Gasteiger partial charge in [0, 0.05) is 46.1 Å². The van der Waals surface area contributed by atoms with Crippen molar-refractivity contribution in [3.63, 3.8) is 0 Å². The van der Waals surface area contributed by atoms with E-state index in [1.807, 2.05) is 0 Å². The Labute approximate surface area is 148 Å². The van der Waals surface area contributed by atoms with Gasteiger partial charge in [-0.25, -0.2) is 21.6 Å². The molecule has 144 valence electrons. The first-order valence-corrected chi connectivity index (χ1v) is 9.24. The number of piperazine rings is 1. The third-order valence-electron chi connectivity index (χ3n) is 3.92. The second-order valence-corrected chi connectivity index (χ2v) is 7.60. The first-order chi connectivity index (χ1) is 12.1.